The Balaban J connectivity index is 2.61. The molecule has 0 fully saturated rings. The van der Waals surface area contributed by atoms with Crippen LogP contribution in [0.15, 0.2) is 40.0 Å². The molecule has 0 amide bonds. The minimum atomic E-state index is -0.359. The maximum Gasteiger partial charge on any atom is 0.337 e. The molecular formula is C15H17BrN2O2S. The summed E-state index contributed by atoms with van der Waals surface area (Å²) in [6.07, 6.45) is 0. The van der Waals surface area contributed by atoms with Crippen molar-refractivity contribution < 1.29 is 9.53 Å². The van der Waals surface area contributed by atoms with E-state index in [2.05, 4.69) is 26.6 Å². The maximum atomic E-state index is 12.3. The van der Waals surface area contributed by atoms with E-state index < -0.39 is 0 Å². The molecule has 1 atom stereocenters. The van der Waals surface area contributed by atoms with Gasteiger partial charge in [0.15, 0.2) is 5.11 Å². The topological polar surface area (TPSA) is 50.4 Å². The normalized spacial score (nSPS) is 18.3. The number of benzene rings is 1. The van der Waals surface area contributed by atoms with E-state index in [1.165, 1.54) is 7.11 Å². The van der Waals surface area contributed by atoms with Crippen LogP contribution in [0.2, 0.25) is 0 Å². The molecule has 1 heterocycles. The second-order valence-corrected chi connectivity index (χ2v) is 6.29. The molecule has 1 aromatic carbocycles. The Morgan fingerprint density at radius 3 is 2.62 bits per heavy atom. The van der Waals surface area contributed by atoms with E-state index in [0.29, 0.717) is 10.7 Å². The minimum Gasteiger partial charge on any atom is -0.466 e. The van der Waals surface area contributed by atoms with Gasteiger partial charge in [-0.3, -0.25) is 0 Å². The van der Waals surface area contributed by atoms with Gasteiger partial charge in [-0.25, -0.2) is 4.79 Å². The van der Waals surface area contributed by atoms with Crippen LogP contribution < -0.4 is 10.6 Å². The monoisotopic (exact) mass is 368 g/mol. The molecule has 0 unspecified atom stereocenters. The molecule has 1 aliphatic heterocycles. The molecule has 0 radical (unpaired) electrons. The number of carbonyl (C=O) groups is 1. The van der Waals surface area contributed by atoms with Crippen molar-refractivity contribution >= 4 is 39.2 Å². The molecule has 0 bridgehead atoms. The van der Waals surface area contributed by atoms with Gasteiger partial charge in [0.1, 0.15) is 0 Å². The van der Waals surface area contributed by atoms with Crippen molar-refractivity contribution in [3.63, 3.8) is 0 Å². The number of esters is 1. The predicted octanol–water partition coefficient (Wildman–Crippen LogP) is 3.05. The van der Waals surface area contributed by atoms with Gasteiger partial charge in [0.25, 0.3) is 0 Å². The molecular weight excluding hydrogens is 352 g/mol. The fourth-order valence-electron chi connectivity index (χ4n) is 2.32. The zero-order valence-corrected chi connectivity index (χ0v) is 14.5. The highest BCUT2D eigenvalue weighted by molar-refractivity contribution is 9.10. The summed E-state index contributed by atoms with van der Waals surface area (Å²) < 4.78 is 5.88. The second kappa shape index (κ2) is 6.58. The molecule has 112 valence electrons. The summed E-state index contributed by atoms with van der Waals surface area (Å²) in [4.78, 5) is 12.3. The summed E-state index contributed by atoms with van der Waals surface area (Å²) in [5.74, 6) is -0.230. The first-order chi connectivity index (χ1) is 9.95. The number of carbonyl (C=O) groups excluding carboxylic acids is 1. The van der Waals surface area contributed by atoms with Crippen LogP contribution in [0.1, 0.15) is 25.5 Å². The highest BCUT2D eigenvalue weighted by Gasteiger charge is 2.33. The molecule has 0 saturated heterocycles. The third-order valence-corrected chi connectivity index (χ3v) is 4.24. The van der Waals surface area contributed by atoms with Crippen LogP contribution in [-0.2, 0) is 9.53 Å². The molecule has 2 N–H and O–H groups in total. The average molecular weight is 369 g/mol. The summed E-state index contributed by atoms with van der Waals surface area (Å²) in [7, 11) is 1.39. The molecule has 0 saturated carbocycles. The van der Waals surface area contributed by atoms with E-state index in [4.69, 9.17) is 17.0 Å². The van der Waals surface area contributed by atoms with Crippen molar-refractivity contribution in [2.75, 3.05) is 7.11 Å². The zero-order valence-electron chi connectivity index (χ0n) is 12.1. The van der Waals surface area contributed by atoms with Gasteiger partial charge in [0.2, 0.25) is 0 Å². The molecule has 1 aromatic rings. The first-order valence-corrected chi connectivity index (χ1v) is 7.80. The van der Waals surface area contributed by atoms with Crippen molar-refractivity contribution in [2.24, 2.45) is 5.92 Å². The minimum absolute atomic E-state index is 0.129. The van der Waals surface area contributed by atoms with E-state index in [1.807, 2.05) is 38.1 Å². The number of hydrogen-bond donors (Lipinski definition) is 2. The molecule has 4 nitrogen and oxygen atoms in total. The van der Waals surface area contributed by atoms with E-state index in [1.54, 1.807) is 0 Å². The van der Waals surface area contributed by atoms with Gasteiger partial charge >= 0.3 is 5.97 Å². The fraction of sp³-hybridized carbons (Fsp3) is 0.333. The quantitative estimate of drug-likeness (QED) is 0.634. The lowest BCUT2D eigenvalue weighted by Gasteiger charge is -2.32. The van der Waals surface area contributed by atoms with Gasteiger partial charge in [-0.05, 0) is 29.8 Å². The van der Waals surface area contributed by atoms with Crippen molar-refractivity contribution in [1.29, 1.82) is 0 Å². The molecule has 0 spiro atoms. The second-order valence-electron chi connectivity index (χ2n) is 5.03. The van der Waals surface area contributed by atoms with Crippen LogP contribution in [0.3, 0.4) is 0 Å². The van der Waals surface area contributed by atoms with Crippen molar-refractivity contribution in [3.05, 3.63) is 45.6 Å². The SMILES string of the molecule is COC(=O)C1=C(C(C)C)NC(=S)N[C@H]1c1ccccc1Br. The summed E-state index contributed by atoms with van der Waals surface area (Å²) in [6.45, 7) is 4.02. The third-order valence-electron chi connectivity index (χ3n) is 3.30. The average Bonchev–Trinajstić information content (AvgIpc) is 2.46. The number of allylic oxidation sites excluding steroid dienone is 1. The molecule has 2 rings (SSSR count). The van der Waals surface area contributed by atoms with Crippen LogP contribution in [0, 0.1) is 5.92 Å². The largest absolute Gasteiger partial charge is 0.466 e. The Labute approximate surface area is 138 Å². The molecule has 0 aliphatic carbocycles. The van der Waals surface area contributed by atoms with Gasteiger partial charge < -0.3 is 15.4 Å². The van der Waals surface area contributed by atoms with Crippen LogP contribution >= 0.6 is 28.1 Å². The Morgan fingerprint density at radius 2 is 2.05 bits per heavy atom. The Hall–Kier alpha value is -1.40. The number of thiocarbonyl (C=S) groups is 1. The molecule has 1 aliphatic rings. The highest BCUT2D eigenvalue weighted by Crippen LogP contribution is 2.33. The molecule has 21 heavy (non-hydrogen) atoms. The van der Waals surface area contributed by atoms with Crippen molar-refractivity contribution in [1.82, 2.24) is 10.6 Å². The number of methoxy groups -OCH3 is 1. The van der Waals surface area contributed by atoms with Crippen molar-refractivity contribution in [3.8, 4) is 0 Å². The maximum absolute atomic E-state index is 12.3. The molecule has 6 heteroatoms. The van der Waals surface area contributed by atoms with Crippen LogP contribution in [-0.4, -0.2) is 18.2 Å². The van der Waals surface area contributed by atoms with Gasteiger partial charge in [-0.2, -0.15) is 0 Å². The third kappa shape index (κ3) is 3.27. The number of nitrogens with one attached hydrogen (secondary N) is 2. The fourth-order valence-corrected chi connectivity index (χ4v) is 3.06. The standard InChI is InChI=1S/C15H17BrN2O2S/c1-8(2)12-11(14(19)20-3)13(18-15(21)17-12)9-6-4-5-7-10(9)16/h4-8,13H,1-3H3,(H2,17,18,21)/t13-/m0/s1. The van der Waals surface area contributed by atoms with Crippen LogP contribution in [0.5, 0.6) is 0 Å². The van der Waals surface area contributed by atoms with E-state index in [-0.39, 0.29) is 17.9 Å². The van der Waals surface area contributed by atoms with Gasteiger partial charge in [-0.15, -0.1) is 0 Å². The Kier molecular flexibility index (Phi) is 5.00. The first-order valence-electron chi connectivity index (χ1n) is 6.60. The van der Waals surface area contributed by atoms with Crippen LogP contribution in [0.4, 0.5) is 0 Å². The number of rotatable bonds is 3. The lowest BCUT2D eigenvalue weighted by Crippen LogP contribution is -2.46. The summed E-state index contributed by atoms with van der Waals surface area (Å²) in [5.41, 5.74) is 2.30. The Morgan fingerprint density at radius 1 is 1.38 bits per heavy atom. The smallest absolute Gasteiger partial charge is 0.337 e. The first kappa shape index (κ1) is 16.0. The van der Waals surface area contributed by atoms with Crippen LogP contribution in [0.25, 0.3) is 0 Å². The van der Waals surface area contributed by atoms with Gasteiger partial charge in [-0.1, -0.05) is 48.0 Å². The predicted molar refractivity (Wildman–Crippen MR) is 89.6 cm³/mol. The van der Waals surface area contributed by atoms with Gasteiger partial charge in [0, 0.05) is 10.2 Å². The summed E-state index contributed by atoms with van der Waals surface area (Å²) in [6, 6.07) is 7.41. The highest BCUT2D eigenvalue weighted by atomic mass is 79.9. The van der Waals surface area contributed by atoms with E-state index in [9.17, 15) is 4.79 Å². The zero-order chi connectivity index (χ0) is 15.6. The van der Waals surface area contributed by atoms with Crippen molar-refractivity contribution in [2.45, 2.75) is 19.9 Å². The summed E-state index contributed by atoms with van der Waals surface area (Å²) in [5, 5.41) is 6.75. The Bertz CT molecular complexity index is 613. The number of halogens is 1. The number of hydrogen-bond acceptors (Lipinski definition) is 3. The van der Waals surface area contributed by atoms with Gasteiger partial charge in [0.05, 0.1) is 18.7 Å². The number of ether oxygens (including phenoxy) is 1. The van der Waals surface area contributed by atoms with E-state index >= 15 is 0 Å². The lowest BCUT2D eigenvalue weighted by atomic mass is 9.91. The van der Waals surface area contributed by atoms with E-state index in [0.717, 1.165) is 15.7 Å². The summed E-state index contributed by atoms with van der Waals surface area (Å²) >= 11 is 8.80. The lowest BCUT2D eigenvalue weighted by molar-refractivity contribution is -0.136. The molecule has 0 aromatic heterocycles.